The molecule has 0 N–H and O–H groups in total. The molecule has 9 heteroatoms. The predicted molar refractivity (Wildman–Crippen MR) is 137 cm³/mol. The second-order valence-electron chi connectivity index (χ2n) is 9.74. The van der Waals surface area contributed by atoms with Gasteiger partial charge >= 0.3 is 0 Å². The quantitative estimate of drug-likeness (QED) is 0.471. The zero-order valence-electron chi connectivity index (χ0n) is 19.5. The van der Waals surface area contributed by atoms with Gasteiger partial charge in [-0.25, -0.2) is 4.98 Å². The summed E-state index contributed by atoms with van der Waals surface area (Å²) in [5.74, 6) is 0.0565. The summed E-state index contributed by atoms with van der Waals surface area (Å²) in [7, 11) is 4.01. The smallest absolute Gasteiger partial charge is 0.265 e. The number of likely N-dealkylation sites (N-methyl/N-ethyl adjacent to an activating group) is 1. The first-order valence-corrected chi connectivity index (χ1v) is 11.5. The topological polar surface area (TPSA) is 50.1 Å². The van der Waals surface area contributed by atoms with E-state index in [-0.39, 0.29) is 36.1 Å². The molecular weight excluding hydrogens is 467 g/mol. The third-order valence-electron chi connectivity index (χ3n) is 5.43. The van der Waals surface area contributed by atoms with Crippen LogP contribution in [0, 0.1) is 5.41 Å². The van der Waals surface area contributed by atoms with Gasteiger partial charge in [-0.2, -0.15) is 0 Å². The van der Waals surface area contributed by atoms with E-state index >= 15 is 0 Å². The third kappa shape index (κ3) is 6.14. The first-order chi connectivity index (χ1) is 14.2. The number of hydrogen-bond donors (Lipinski definition) is 0. The van der Waals surface area contributed by atoms with Crippen LogP contribution < -0.4 is 0 Å². The number of hydrogen-bond acceptors (Lipinski definition) is 5. The van der Waals surface area contributed by atoms with Gasteiger partial charge in [0.2, 0.25) is 0 Å². The molecule has 0 radical (unpaired) electrons. The largest absolute Gasteiger partial charge is 0.377 e. The number of amides is 1. The minimum atomic E-state index is 0. The third-order valence-corrected chi connectivity index (χ3v) is 6.40. The van der Waals surface area contributed by atoms with Crippen molar-refractivity contribution in [3.8, 4) is 0 Å². The van der Waals surface area contributed by atoms with Crippen molar-refractivity contribution in [1.29, 1.82) is 0 Å². The number of thiazole rings is 1. The molecule has 0 aliphatic carbocycles. The van der Waals surface area contributed by atoms with Crippen LogP contribution in [0.1, 0.15) is 48.8 Å². The van der Waals surface area contributed by atoms with Crippen molar-refractivity contribution in [3.05, 3.63) is 34.8 Å². The fraction of sp³-hybridized carbons (Fsp3) is 0.565. The maximum atomic E-state index is 12.9. The summed E-state index contributed by atoms with van der Waals surface area (Å²) in [5.41, 5.74) is 3.34. The summed E-state index contributed by atoms with van der Waals surface area (Å²) in [6.07, 6.45) is 4.62. The number of halogens is 2. The SMILES string of the molecule is CN(Cc1ccc2nc3sc(C(=O)N(C)CC(C)(C)C)cn3c2c1)C[C@H]1CCCO1.Cl.Cl. The molecular formula is C23H34Cl2N4O2S. The average molecular weight is 502 g/mol. The van der Waals surface area contributed by atoms with Gasteiger partial charge in [-0.15, -0.1) is 24.8 Å². The monoisotopic (exact) mass is 500 g/mol. The minimum absolute atomic E-state index is 0. The molecule has 6 nitrogen and oxygen atoms in total. The Bertz CT molecular complexity index is 1050. The first-order valence-electron chi connectivity index (χ1n) is 10.7. The van der Waals surface area contributed by atoms with Gasteiger partial charge in [0.25, 0.3) is 5.91 Å². The van der Waals surface area contributed by atoms with Crippen LogP contribution in [0.2, 0.25) is 0 Å². The number of ether oxygens (including phenoxy) is 1. The molecule has 178 valence electrons. The number of imidazole rings is 1. The summed E-state index contributed by atoms with van der Waals surface area (Å²) >= 11 is 1.46. The van der Waals surface area contributed by atoms with Crippen molar-refractivity contribution < 1.29 is 9.53 Å². The molecule has 1 fully saturated rings. The van der Waals surface area contributed by atoms with Gasteiger partial charge in [-0.1, -0.05) is 38.2 Å². The van der Waals surface area contributed by atoms with Gasteiger partial charge in [-0.3, -0.25) is 14.1 Å². The molecule has 4 rings (SSSR count). The maximum absolute atomic E-state index is 12.9. The second kappa shape index (κ2) is 10.7. The van der Waals surface area contributed by atoms with Crippen LogP contribution in [-0.4, -0.2) is 65.0 Å². The summed E-state index contributed by atoms with van der Waals surface area (Å²) in [6, 6.07) is 6.42. The molecule has 1 amide bonds. The van der Waals surface area contributed by atoms with Crippen LogP contribution in [-0.2, 0) is 11.3 Å². The van der Waals surface area contributed by atoms with E-state index in [2.05, 4.69) is 55.3 Å². The molecule has 32 heavy (non-hydrogen) atoms. The van der Waals surface area contributed by atoms with Crippen molar-refractivity contribution in [3.63, 3.8) is 0 Å². The number of fused-ring (bicyclic) bond motifs is 3. The Hall–Kier alpha value is -1.38. The van der Waals surface area contributed by atoms with Crippen molar-refractivity contribution in [2.24, 2.45) is 5.41 Å². The van der Waals surface area contributed by atoms with Crippen LogP contribution in [0.4, 0.5) is 0 Å². The molecule has 3 heterocycles. The second-order valence-corrected chi connectivity index (χ2v) is 10.7. The summed E-state index contributed by atoms with van der Waals surface area (Å²) < 4.78 is 7.82. The fourth-order valence-electron chi connectivity index (χ4n) is 4.24. The van der Waals surface area contributed by atoms with Crippen LogP contribution in [0.15, 0.2) is 24.4 Å². The van der Waals surface area contributed by atoms with E-state index in [0.29, 0.717) is 12.6 Å². The Morgan fingerprint density at radius 2 is 2.03 bits per heavy atom. The minimum Gasteiger partial charge on any atom is -0.377 e. The molecule has 1 aliphatic rings. The van der Waals surface area contributed by atoms with E-state index in [4.69, 9.17) is 9.72 Å². The van der Waals surface area contributed by atoms with Crippen molar-refractivity contribution in [1.82, 2.24) is 19.2 Å². The summed E-state index contributed by atoms with van der Waals surface area (Å²) in [4.78, 5) is 23.3. The predicted octanol–water partition coefficient (Wildman–Crippen LogP) is 5.12. The lowest BCUT2D eigenvalue weighted by molar-refractivity contribution is 0.0750. The van der Waals surface area contributed by atoms with Gasteiger partial charge < -0.3 is 9.64 Å². The molecule has 2 aromatic heterocycles. The van der Waals surface area contributed by atoms with Gasteiger partial charge in [0, 0.05) is 39.5 Å². The zero-order chi connectivity index (χ0) is 21.5. The Morgan fingerprint density at radius 1 is 1.28 bits per heavy atom. The maximum Gasteiger partial charge on any atom is 0.265 e. The lowest BCUT2D eigenvalue weighted by Crippen LogP contribution is -2.34. The van der Waals surface area contributed by atoms with Gasteiger partial charge in [0.05, 0.1) is 17.1 Å². The number of rotatable bonds is 6. The number of carbonyl (C=O) groups is 1. The molecule has 0 spiro atoms. The lowest BCUT2D eigenvalue weighted by atomic mass is 9.96. The summed E-state index contributed by atoms with van der Waals surface area (Å²) in [6.45, 7) is 9.86. The van der Waals surface area contributed by atoms with E-state index in [1.165, 1.54) is 23.3 Å². The highest BCUT2D eigenvalue weighted by molar-refractivity contribution is 7.18. The van der Waals surface area contributed by atoms with Crippen molar-refractivity contribution >= 4 is 58.1 Å². The highest BCUT2D eigenvalue weighted by Crippen LogP contribution is 2.26. The van der Waals surface area contributed by atoms with E-state index < -0.39 is 0 Å². The van der Waals surface area contributed by atoms with E-state index in [0.717, 1.165) is 47.0 Å². The Labute approximate surface area is 206 Å². The number of aromatic nitrogens is 2. The highest BCUT2D eigenvalue weighted by Gasteiger charge is 2.22. The highest BCUT2D eigenvalue weighted by atomic mass is 35.5. The number of benzene rings is 1. The Balaban J connectivity index is 0.00000181. The number of nitrogens with zero attached hydrogens (tertiary/aromatic N) is 4. The van der Waals surface area contributed by atoms with Crippen molar-refractivity contribution in [2.75, 3.05) is 33.8 Å². The molecule has 0 bridgehead atoms. The fourth-order valence-corrected chi connectivity index (χ4v) is 5.23. The van der Waals surface area contributed by atoms with Crippen molar-refractivity contribution in [2.45, 2.75) is 46.3 Å². The van der Waals surface area contributed by atoms with Gasteiger partial charge in [0.15, 0.2) is 4.96 Å². The zero-order valence-corrected chi connectivity index (χ0v) is 21.9. The van der Waals surface area contributed by atoms with E-state index in [9.17, 15) is 4.79 Å². The molecule has 3 aromatic rings. The molecule has 1 atom stereocenters. The molecule has 0 saturated carbocycles. The first kappa shape index (κ1) is 26.9. The van der Waals surface area contributed by atoms with Crippen LogP contribution in [0.25, 0.3) is 16.0 Å². The van der Waals surface area contributed by atoms with Crippen LogP contribution >= 0.6 is 36.2 Å². The summed E-state index contributed by atoms with van der Waals surface area (Å²) in [5, 5.41) is 0. The average Bonchev–Trinajstić information content (AvgIpc) is 3.36. The van der Waals surface area contributed by atoms with Gasteiger partial charge in [-0.05, 0) is 43.0 Å². The number of carbonyl (C=O) groups excluding carboxylic acids is 1. The molecule has 1 aliphatic heterocycles. The van der Waals surface area contributed by atoms with E-state index in [1.54, 1.807) is 4.90 Å². The van der Waals surface area contributed by atoms with Crippen LogP contribution in [0.3, 0.4) is 0 Å². The molecule has 0 unspecified atom stereocenters. The Kier molecular flexibility index (Phi) is 8.98. The van der Waals surface area contributed by atoms with Gasteiger partial charge in [0.1, 0.15) is 4.88 Å². The lowest BCUT2D eigenvalue weighted by Gasteiger charge is -2.26. The Morgan fingerprint density at radius 3 is 2.69 bits per heavy atom. The molecule has 1 aromatic carbocycles. The van der Waals surface area contributed by atoms with Crippen LogP contribution in [0.5, 0.6) is 0 Å². The van der Waals surface area contributed by atoms with E-state index in [1.807, 2.05) is 13.2 Å². The normalized spacial score (nSPS) is 16.4. The standard InChI is InChI=1S/C23H32N4O2S.2ClH/c1-23(2,3)15-26(5)21(28)20-14-27-19-11-16(8-9-18(19)24-22(27)30-20)12-25(4)13-17-7-6-10-29-17;;/h8-9,11,14,17H,6-7,10,12-13,15H2,1-5H3;2*1H/t17-;;/m1../s1. The molecule has 1 saturated heterocycles.